The van der Waals surface area contributed by atoms with Gasteiger partial charge < -0.3 is 15.3 Å². The van der Waals surface area contributed by atoms with E-state index in [0.29, 0.717) is 29.0 Å². The molecule has 0 aliphatic carbocycles. The molecule has 0 atom stereocenters. The van der Waals surface area contributed by atoms with Crippen LogP contribution in [0.25, 0.3) is 32.8 Å². The van der Waals surface area contributed by atoms with E-state index in [-0.39, 0.29) is 33.8 Å². The Morgan fingerprint density at radius 1 is 1.29 bits per heavy atom. The van der Waals surface area contributed by atoms with E-state index < -0.39 is 5.82 Å². The molecular weight excluding hydrogens is 437 g/mol. The van der Waals surface area contributed by atoms with Gasteiger partial charge in [-0.05, 0) is 52.1 Å². The molecule has 3 aromatic carbocycles. The number of benzene rings is 3. The van der Waals surface area contributed by atoms with Crippen LogP contribution in [0.1, 0.15) is 0 Å². The summed E-state index contributed by atoms with van der Waals surface area (Å²) in [5, 5.41) is 16.6. The van der Waals surface area contributed by atoms with Crippen molar-refractivity contribution < 1.29 is 14.3 Å². The van der Waals surface area contributed by atoms with Gasteiger partial charge in [0, 0.05) is 24.0 Å². The lowest BCUT2D eigenvalue weighted by molar-refractivity contribution is -0.129. The van der Waals surface area contributed by atoms with Crippen LogP contribution in [0, 0.1) is 5.82 Å². The average molecular weight is 454 g/mol. The Balaban J connectivity index is 1.55. The molecule has 1 aliphatic rings. The Bertz CT molecular complexity index is 1360. The number of nitrogens with zero attached hydrogens (tertiary/aromatic N) is 2. The molecule has 5 nitrogen and oxygen atoms in total. The molecule has 2 heterocycles. The van der Waals surface area contributed by atoms with Gasteiger partial charge in [0.05, 0.1) is 11.1 Å². The summed E-state index contributed by atoms with van der Waals surface area (Å²) in [6, 6.07) is 12.3. The van der Waals surface area contributed by atoms with Crippen LogP contribution in [0.2, 0.25) is 5.02 Å². The molecule has 1 aliphatic heterocycles. The van der Waals surface area contributed by atoms with Gasteiger partial charge >= 0.3 is 0 Å². The lowest BCUT2D eigenvalue weighted by Crippen LogP contribution is -2.56. The average Bonchev–Trinajstić information content (AvgIpc) is 3.12. The molecule has 0 bridgehead atoms. The number of hydrogen-bond donors (Lipinski definition) is 2. The van der Waals surface area contributed by atoms with Crippen LogP contribution in [0.4, 0.5) is 9.39 Å². The molecule has 5 rings (SSSR count). The molecule has 4 aromatic rings. The fraction of sp³-hybridized carbons (Fsp3) is 0.130. The smallest absolute Gasteiger partial charge is 0.246 e. The van der Waals surface area contributed by atoms with E-state index in [9.17, 15) is 9.90 Å². The zero-order chi connectivity index (χ0) is 21.7. The Labute approximate surface area is 186 Å². The van der Waals surface area contributed by atoms with E-state index >= 15 is 4.39 Å². The number of phenolic OH excluding ortho intramolecular Hbond substituents is 1. The second-order valence-corrected chi connectivity index (χ2v) is 8.64. The molecule has 31 heavy (non-hydrogen) atoms. The Hall–Kier alpha value is -3.16. The number of fused-ring (bicyclic) bond motifs is 2. The Morgan fingerprint density at radius 3 is 2.84 bits per heavy atom. The molecule has 1 fully saturated rings. The fourth-order valence-electron chi connectivity index (χ4n) is 3.93. The van der Waals surface area contributed by atoms with Gasteiger partial charge in [0.1, 0.15) is 16.3 Å². The molecule has 0 unspecified atom stereocenters. The van der Waals surface area contributed by atoms with Crippen molar-refractivity contribution in [2.24, 2.45) is 0 Å². The molecule has 0 radical (unpaired) electrons. The number of amides is 1. The van der Waals surface area contributed by atoms with Crippen molar-refractivity contribution in [1.82, 2.24) is 9.27 Å². The van der Waals surface area contributed by atoms with Crippen molar-refractivity contribution in [3.63, 3.8) is 0 Å². The first-order valence-corrected chi connectivity index (χ1v) is 10.8. The maximum atomic E-state index is 15.6. The highest BCUT2D eigenvalue weighted by atomic mass is 35.5. The quantitative estimate of drug-likeness (QED) is 0.405. The van der Waals surface area contributed by atoms with E-state index in [1.54, 1.807) is 17.0 Å². The number of carbonyl (C=O) groups excluding carboxylic acids is 1. The van der Waals surface area contributed by atoms with Gasteiger partial charge in [-0.1, -0.05) is 42.4 Å². The first-order chi connectivity index (χ1) is 15.0. The molecule has 0 spiro atoms. The van der Waals surface area contributed by atoms with Gasteiger partial charge in [-0.25, -0.2) is 4.39 Å². The highest BCUT2D eigenvalue weighted by Crippen LogP contribution is 2.43. The second-order valence-electron chi connectivity index (χ2n) is 7.46. The lowest BCUT2D eigenvalue weighted by Gasteiger charge is -2.39. The first-order valence-electron chi connectivity index (χ1n) is 9.63. The predicted octanol–water partition coefficient (Wildman–Crippen LogP) is 5.42. The normalized spacial score (nSPS) is 14.1. The van der Waals surface area contributed by atoms with Crippen LogP contribution in [0.15, 0.2) is 55.1 Å². The summed E-state index contributed by atoms with van der Waals surface area (Å²) in [5.41, 5.74) is 0.947. The van der Waals surface area contributed by atoms with Crippen LogP contribution in [-0.2, 0) is 4.79 Å². The number of aromatic nitrogens is 1. The molecule has 1 amide bonds. The van der Waals surface area contributed by atoms with E-state index in [1.165, 1.54) is 12.1 Å². The van der Waals surface area contributed by atoms with Gasteiger partial charge in [0.15, 0.2) is 5.82 Å². The summed E-state index contributed by atoms with van der Waals surface area (Å²) < 4.78 is 19.9. The number of hydrogen-bond acceptors (Lipinski definition) is 5. The number of aromatic hydroxyl groups is 1. The van der Waals surface area contributed by atoms with Crippen LogP contribution in [0.3, 0.4) is 0 Å². The van der Waals surface area contributed by atoms with Gasteiger partial charge in [-0.2, -0.15) is 4.37 Å². The number of rotatable bonds is 4. The van der Waals surface area contributed by atoms with Gasteiger partial charge in [-0.3, -0.25) is 4.79 Å². The summed E-state index contributed by atoms with van der Waals surface area (Å²) in [5.74, 6) is -0.600. The van der Waals surface area contributed by atoms with Crippen LogP contribution in [-0.4, -0.2) is 39.4 Å². The summed E-state index contributed by atoms with van der Waals surface area (Å²) in [7, 11) is 0. The number of phenols is 1. The first kappa shape index (κ1) is 19.8. The minimum absolute atomic E-state index is 0.0357. The van der Waals surface area contributed by atoms with E-state index in [0.717, 1.165) is 22.3 Å². The van der Waals surface area contributed by atoms with Gasteiger partial charge in [0.2, 0.25) is 5.91 Å². The number of halogens is 2. The predicted molar refractivity (Wildman–Crippen MR) is 123 cm³/mol. The number of anilines is 1. The number of likely N-dealkylation sites (tertiary alicyclic amines) is 1. The van der Waals surface area contributed by atoms with E-state index in [2.05, 4.69) is 16.3 Å². The monoisotopic (exact) mass is 453 g/mol. The van der Waals surface area contributed by atoms with Crippen molar-refractivity contribution in [2.75, 3.05) is 18.4 Å². The minimum Gasteiger partial charge on any atom is -0.508 e. The molecule has 1 aromatic heterocycles. The van der Waals surface area contributed by atoms with E-state index in [1.807, 2.05) is 24.3 Å². The van der Waals surface area contributed by atoms with Crippen molar-refractivity contribution in [3.8, 4) is 16.9 Å². The fourth-order valence-corrected chi connectivity index (χ4v) is 5.06. The SMILES string of the molecule is C=CC(=O)N1CC(Nc2snc3c(F)c(-c4cc(O)cc5ccccc45)c(Cl)cc23)C1. The minimum atomic E-state index is -0.528. The third-order valence-corrected chi connectivity index (χ3v) is 6.58. The summed E-state index contributed by atoms with van der Waals surface area (Å²) in [6.45, 7) is 4.59. The van der Waals surface area contributed by atoms with Crippen molar-refractivity contribution in [3.05, 3.63) is 66.0 Å². The Kier molecular flexibility index (Phi) is 4.79. The van der Waals surface area contributed by atoms with Crippen LogP contribution < -0.4 is 5.32 Å². The molecule has 2 N–H and O–H groups in total. The largest absolute Gasteiger partial charge is 0.508 e. The van der Waals surface area contributed by atoms with Crippen LogP contribution >= 0.6 is 23.1 Å². The van der Waals surface area contributed by atoms with Crippen molar-refractivity contribution >= 4 is 55.7 Å². The maximum absolute atomic E-state index is 15.6. The molecule has 8 heteroatoms. The Morgan fingerprint density at radius 2 is 2.06 bits per heavy atom. The second kappa shape index (κ2) is 7.51. The molecular formula is C23H17ClFN3O2S. The van der Waals surface area contributed by atoms with Crippen molar-refractivity contribution in [1.29, 1.82) is 0 Å². The third kappa shape index (κ3) is 3.30. The molecule has 0 saturated carbocycles. The highest BCUT2D eigenvalue weighted by Gasteiger charge is 2.30. The number of nitrogens with one attached hydrogen (secondary N) is 1. The van der Waals surface area contributed by atoms with Crippen molar-refractivity contribution in [2.45, 2.75) is 6.04 Å². The van der Waals surface area contributed by atoms with E-state index in [4.69, 9.17) is 11.6 Å². The summed E-state index contributed by atoms with van der Waals surface area (Å²) >= 11 is 7.71. The standard InChI is InChI=1S/C23H17ClFN3O2S/c1-2-19(30)28-10-13(11-28)26-23-17-9-18(24)20(21(25)22(17)27-31-23)16-8-14(29)7-12-5-3-4-6-15(12)16/h2-9,13,26,29H,1,10-11H2. The topological polar surface area (TPSA) is 65.5 Å². The maximum Gasteiger partial charge on any atom is 0.246 e. The summed E-state index contributed by atoms with van der Waals surface area (Å²) in [4.78, 5) is 13.3. The third-order valence-electron chi connectivity index (χ3n) is 5.48. The lowest BCUT2D eigenvalue weighted by atomic mass is 9.96. The molecule has 156 valence electrons. The van der Waals surface area contributed by atoms with Crippen LogP contribution in [0.5, 0.6) is 5.75 Å². The van der Waals surface area contributed by atoms with Gasteiger partial charge in [0.25, 0.3) is 0 Å². The summed E-state index contributed by atoms with van der Waals surface area (Å²) in [6.07, 6.45) is 1.29. The van der Waals surface area contributed by atoms with Gasteiger partial charge in [-0.15, -0.1) is 0 Å². The molecule has 1 saturated heterocycles. The highest BCUT2D eigenvalue weighted by molar-refractivity contribution is 7.11. The zero-order valence-electron chi connectivity index (χ0n) is 16.2. The number of carbonyl (C=O) groups is 1. The zero-order valence-corrected chi connectivity index (χ0v) is 17.8.